The molecule has 112 valence electrons. The Hall–Kier alpha value is -1.40. The number of amides is 1. The molecule has 5 nitrogen and oxygen atoms in total. The van der Waals surface area contributed by atoms with Crippen molar-refractivity contribution in [1.82, 2.24) is 0 Å². The fourth-order valence-corrected chi connectivity index (χ4v) is 2.60. The summed E-state index contributed by atoms with van der Waals surface area (Å²) in [6.45, 7) is 5.41. The molecule has 4 N–H and O–H groups in total. The molecule has 6 heteroatoms. The number of carbonyl (C=O) groups excluding carboxylic acids is 1. The number of aliphatic hydroxyl groups excluding tert-OH is 1. The average Bonchev–Trinajstić information content (AvgIpc) is 2.40. The molecular formula is C14H22N2O3S. The van der Waals surface area contributed by atoms with E-state index in [9.17, 15) is 9.90 Å². The average molecular weight is 298 g/mol. The topological polar surface area (TPSA) is 84.6 Å². The third-order valence-electron chi connectivity index (χ3n) is 2.95. The van der Waals surface area contributed by atoms with Crippen LogP contribution in [-0.2, 0) is 4.79 Å². The second-order valence-corrected chi connectivity index (χ2v) is 6.40. The maximum absolute atomic E-state index is 12.1. The van der Waals surface area contributed by atoms with Crippen molar-refractivity contribution in [1.29, 1.82) is 0 Å². The number of nitrogen functional groups attached to an aromatic ring is 1. The first-order valence-corrected chi connectivity index (χ1v) is 7.37. The van der Waals surface area contributed by atoms with E-state index in [1.165, 1.54) is 18.9 Å². The Morgan fingerprint density at radius 3 is 2.60 bits per heavy atom. The van der Waals surface area contributed by atoms with Gasteiger partial charge in [0.2, 0.25) is 5.91 Å². The van der Waals surface area contributed by atoms with Crippen LogP contribution in [0.5, 0.6) is 5.75 Å². The molecule has 0 saturated carbocycles. The molecule has 0 aromatic heterocycles. The summed E-state index contributed by atoms with van der Waals surface area (Å²) >= 11 is 1.42. The Morgan fingerprint density at radius 2 is 2.05 bits per heavy atom. The molecular weight excluding hydrogens is 276 g/mol. The smallest absolute Gasteiger partial charge is 0.237 e. The Kier molecular flexibility index (Phi) is 6.16. The van der Waals surface area contributed by atoms with E-state index in [-0.39, 0.29) is 16.4 Å². The van der Waals surface area contributed by atoms with Gasteiger partial charge in [-0.15, -0.1) is 11.8 Å². The van der Waals surface area contributed by atoms with Crippen LogP contribution in [0, 0.1) is 0 Å². The predicted octanol–water partition coefficient (Wildman–Crippen LogP) is 2.11. The van der Waals surface area contributed by atoms with Crippen molar-refractivity contribution in [2.24, 2.45) is 0 Å². The number of aliphatic hydroxyl groups is 1. The first-order valence-electron chi connectivity index (χ1n) is 6.43. The molecule has 0 fully saturated rings. The molecule has 1 amide bonds. The number of methoxy groups -OCH3 is 1. The Bertz CT molecular complexity index is 466. The summed E-state index contributed by atoms with van der Waals surface area (Å²) in [5.41, 5.74) is 6.83. The monoisotopic (exact) mass is 298 g/mol. The predicted molar refractivity (Wildman–Crippen MR) is 84.2 cm³/mol. The number of rotatable bonds is 6. The van der Waals surface area contributed by atoms with Gasteiger partial charge in [0.05, 0.1) is 24.2 Å². The number of benzene rings is 1. The highest BCUT2D eigenvalue weighted by atomic mass is 32.2. The van der Waals surface area contributed by atoms with E-state index < -0.39 is 6.10 Å². The maximum Gasteiger partial charge on any atom is 0.237 e. The van der Waals surface area contributed by atoms with Crippen molar-refractivity contribution in [2.45, 2.75) is 37.4 Å². The number of thioether (sulfide) groups is 1. The third-order valence-corrected chi connectivity index (χ3v) is 4.40. The normalized spacial score (nSPS) is 15.2. The van der Waals surface area contributed by atoms with Crippen molar-refractivity contribution in [3.05, 3.63) is 18.2 Å². The summed E-state index contributed by atoms with van der Waals surface area (Å²) in [7, 11) is 1.53. The Morgan fingerprint density at radius 1 is 1.40 bits per heavy atom. The van der Waals surface area contributed by atoms with Crippen molar-refractivity contribution in [2.75, 3.05) is 18.2 Å². The maximum atomic E-state index is 12.1. The zero-order valence-corrected chi connectivity index (χ0v) is 13.0. The first kappa shape index (κ1) is 16.7. The highest BCUT2D eigenvalue weighted by Crippen LogP contribution is 2.28. The summed E-state index contributed by atoms with van der Waals surface area (Å²) in [5.74, 6) is 0.393. The van der Waals surface area contributed by atoms with E-state index in [2.05, 4.69) is 5.32 Å². The lowest BCUT2D eigenvalue weighted by molar-refractivity contribution is -0.115. The van der Waals surface area contributed by atoms with Gasteiger partial charge >= 0.3 is 0 Å². The molecule has 0 spiro atoms. The van der Waals surface area contributed by atoms with Gasteiger partial charge in [-0.1, -0.05) is 6.92 Å². The summed E-state index contributed by atoms with van der Waals surface area (Å²) in [6, 6.07) is 5.07. The van der Waals surface area contributed by atoms with Crippen LogP contribution in [-0.4, -0.2) is 34.7 Å². The van der Waals surface area contributed by atoms with Gasteiger partial charge in [0.25, 0.3) is 0 Å². The van der Waals surface area contributed by atoms with Crippen molar-refractivity contribution < 1.29 is 14.6 Å². The fourth-order valence-electron chi connectivity index (χ4n) is 1.54. The minimum atomic E-state index is -0.457. The van der Waals surface area contributed by atoms with E-state index in [4.69, 9.17) is 10.5 Å². The lowest BCUT2D eigenvalue weighted by Gasteiger charge is -2.19. The summed E-state index contributed by atoms with van der Waals surface area (Å²) in [6.07, 6.45) is -0.457. The standard InChI is InChI=1S/C14H22N2O3S/c1-8(17)9(2)20-10(3)14(18)16-12-6-5-11(15)7-13(12)19-4/h5-10,17H,15H2,1-4H3,(H,16,18). The third kappa shape index (κ3) is 4.61. The lowest BCUT2D eigenvalue weighted by atomic mass is 10.2. The van der Waals surface area contributed by atoms with Gasteiger partial charge < -0.3 is 20.9 Å². The number of hydrogen-bond acceptors (Lipinski definition) is 5. The molecule has 0 bridgehead atoms. The Labute approximate surface area is 123 Å². The van der Waals surface area contributed by atoms with Crippen LogP contribution >= 0.6 is 11.8 Å². The van der Waals surface area contributed by atoms with Gasteiger partial charge in [0.1, 0.15) is 5.75 Å². The summed E-state index contributed by atoms with van der Waals surface area (Å²) in [5, 5.41) is 12.0. The molecule has 0 radical (unpaired) electrons. The van der Waals surface area contributed by atoms with Gasteiger partial charge in [-0.25, -0.2) is 0 Å². The molecule has 0 saturated heterocycles. The molecule has 0 heterocycles. The largest absolute Gasteiger partial charge is 0.494 e. The molecule has 1 rings (SSSR count). The minimum absolute atomic E-state index is 0.0101. The van der Waals surface area contributed by atoms with E-state index >= 15 is 0 Å². The number of ether oxygens (including phenoxy) is 1. The lowest BCUT2D eigenvalue weighted by Crippen LogP contribution is -2.27. The molecule has 3 atom stereocenters. The summed E-state index contributed by atoms with van der Waals surface area (Å²) < 4.78 is 5.18. The van der Waals surface area contributed by atoms with E-state index in [1.54, 1.807) is 25.1 Å². The number of hydrogen-bond donors (Lipinski definition) is 3. The molecule has 1 aromatic rings. The van der Waals surface area contributed by atoms with Gasteiger partial charge in [-0.2, -0.15) is 0 Å². The van der Waals surface area contributed by atoms with E-state index in [0.717, 1.165) is 0 Å². The Balaban J connectivity index is 2.70. The molecule has 20 heavy (non-hydrogen) atoms. The second-order valence-electron chi connectivity index (χ2n) is 4.67. The van der Waals surface area contributed by atoms with Gasteiger partial charge in [0, 0.05) is 17.0 Å². The molecule has 3 unspecified atom stereocenters. The fraction of sp³-hybridized carbons (Fsp3) is 0.500. The quantitative estimate of drug-likeness (QED) is 0.700. The second kappa shape index (κ2) is 7.40. The molecule has 0 aliphatic rings. The van der Waals surface area contributed by atoms with Crippen molar-refractivity contribution >= 4 is 29.0 Å². The first-order chi connectivity index (χ1) is 9.35. The zero-order chi connectivity index (χ0) is 15.3. The SMILES string of the molecule is COc1cc(N)ccc1NC(=O)C(C)SC(C)C(C)O. The van der Waals surface area contributed by atoms with Crippen LogP contribution in [0.25, 0.3) is 0 Å². The molecule has 1 aromatic carbocycles. The van der Waals surface area contributed by atoms with Crippen LogP contribution in [0.4, 0.5) is 11.4 Å². The zero-order valence-electron chi connectivity index (χ0n) is 12.2. The van der Waals surface area contributed by atoms with E-state index in [0.29, 0.717) is 17.1 Å². The van der Waals surface area contributed by atoms with Crippen LogP contribution in [0.1, 0.15) is 20.8 Å². The van der Waals surface area contributed by atoms with Crippen LogP contribution < -0.4 is 15.8 Å². The van der Waals surface area contributed by atoms with Crippen molar-refractivity contribution in [3.8, 4) is 5.75 Å². The highest BCUT2D eigenvalue weighted by molar-refractivity contribution is 8.01. The number of nitrogens with two attached hydrogens (primary N) is 1. The number of anilines is 2. The van der Waals surface area contributed by atoms with Crippen LogP contribution in [0.15, 0.2) is 18.2 Å². The van der Waals surface area contributed by atoms with Crippen LogP contribution in [0.2, 0.25) is 0 Å². The van der Waals surface area contributed by atoms with Crippen molar-refractivity contribution in [3.63, 3.8) is 0 Å². The van der Waals surface area contributed by atoms with E-state index in [1.807, 2.05) is 13.8 Å². The van der Waals surface area contributed by atoms with Crippen LogP contribution in [0.3, 0.4) is 0 Å². The summed E-state index contributed by atoms with van der Waals surface area (Å²) in [4.78, 5) is 12.1. The number of nitrogens with one attached hydrogen (secondary N) is 1. The van der Waals surface area contributed by atoms with Gasteiger partial charge in [0.15, 0.2) is 0 Å². The van der Waals surface area contributed by atoms with Gasteiger partial charge in [-0.05, 0) is 26.0 Å². The molecule has 0 aliphatic carbocycles. The highest BCUT2D eigenvalue weighted by Gasteiger charge is 2.20. The van der Waals surface area contributed by atoms with Gasteiger partial charge in [-0.3, -0.25) is 4.79 Å². The molecule has 0 aliphatic heterocycles. The minimum Gasteiger partial charge on any atom is -0.494 e. The number of carbonyl (C=O) groups is 1.